The Morgan fingerprint density at radius 3 is 1.35 bits per heavy atom. The van der Waals surface area contributed by atoms with Crippen LogP contribution in [-0.4, -0.2) is 38.0 Å². The van der Waals surface area contributed by atoms with Crippen LogP contribution >= 0.6 is 0 Å². The van der Waals surface area contributed by atoms with Crippen LogP contribution in [0.4, 0.5) is 11.4 Å². The summed E-state index contributed by atoms with van der Waals surface area (Å²) in [4.78, 5) is 48.4. The molecule has 236 valence electrons. The lowest BCUT2D eigenvalue weighted by Crippen LogP contribution is -2.15. The van der Waals surface area contributed by atoms with Crippen molar-refractivity contribution in [1.29, 1.82) is 0 Å². The molecule has 0 aliphatic rings. The number of hydrogen-bond donors (Lipinski definition) is 2. The second kappa shape index (κ2) is 17.0. The Labute approximate surface area is 278 Å². The number of ether oxygens (including phenoxy) is 2. The first-order chi connectivity index (χ1) is 23.3. The van der Waals surface area contributed by atoms with Gasteiger partial charge in [-0.15, -0.1) is 6.42 Å². The molecule has 8 heteroatoms. The van der Waals surface area contributed by atoms with E-state index in [9.17, 15) is 19.2 Å². The molecule has 5 aromatic carbocycles. The van der Waals surface area contributed by atoms with E-state index >= 15 is 0 Å². The summed E-state index contributed by atoms with van der Waals surface area (Å²) >= 11 is 0. The molecule has 8 nitrogen and oxygen atoms in total. The Bertz CT molecular complexity index is 2020. The number of anilines is 2. The van der Waals surface area contributed by atoms with Crippen LogP contribution in [0.15, 0.2) is 127 Å². The molecule has 5 rings (SSSR count). The smallest absolute Gasteiger partial charge is 0.339 e. The lowest BCUT2D eigenvalue weighted by molar-refractivity contribution is 0.0592. The van der Waals surface area contributed by atoms with Gasteiger partial charge in [0, 0.05) is 27.8 Å². The summed E-state index contributed by atoms with van der Waals surface area (Å²) in [5.41, 5.74) is 4.30. The Morgan fingerprint density at radius 1 is 0.521 bits per heavy atom. The number of esters is 2. The molecule has 0 atom stereocenters. The number of carbonyl (C=O) groups excluding carboxylic acids is 4. The Balaban J connectivity index is 0.000000224. The van der Waals surface area contributed by atoms with Crippen molar-refractivity contribution in [3.05, 3.63) is 166 Å². The maximum Gasteiger partial charge on any atom is 0.339 e. The van der Waals surface area contributed by atoms with Crippen molar-refractivity contribution in [3.8, 4) is 24.2 Å². The molecular formula is C40H30N2O6. The Morgan fingerprint density at radius 2 is 0.917 bits per heavy atom. The molecule has 0 radical (unpaired) electrons. The standard InChI is InChI=1S/C23H17NO3.C17H13NO3/c1-27-23(26)20-15-14-18(13-12-17-8-4-2-5-9-17)16-21(20)24-22(25)19-10-6-3-7-11-19;1-3-12-9-10-14(17(20)21-2)15(11-12)18-16(19)13-7-5-4-6-8-13/h2-11,14-16H,1H3,(H,24,25);1,4-11H,2H3,(H,18,19). The van der Waals surface area contributed by atoms with Crippen LogP contribution in [0.1, 0.15) is 58.1 Å². The van der Waals surface area contributed by atoms with Crippen molar-refractivity contribution >= 4 is 35.1 Å². The molecule has 0 aliphatic carbocycles. The monoisotopic (exact) mass is 634 g/mol. The van der Waals surface area contributed by atoms with E-state index in [-0.39, 0.29) is 22.9 Å². The minimum atomic E-state index is -0.540. The molecule has 0 aliphatic heterocycles. The Kier molecular flexibility index (Phi) is 12.0. The maximum absolute atomic E-state index is 12.5. The van der Waals surface area contributed by atoms with E-state index in [0.29, 0.717) is 33.6 Å². The molecule has 0 unspecified atom stereocenters. The van der Waals surface area contributed by atoms with Gasteiger partial charge >= 0.3 is 11.9 Å². The number of benzene rings is 5. The lowest BCUT2D eigenvalue weighted by atomic mass is 10.1. The number of amides is 2. The summed E-state index contributed by atoms with van der Waals surface area (Å²) in [6.07, 6.45) is 5.34. The number of methoxy groups -OCH3 is 2. The fourth-order valence-electron chi connectivity index (χ4n) is 4.27. The molecule has 2 N–H and O–H groups in total. The van der Waals surface area contributed by atoms with E-state index in [4.69, 9.17) is 15.9 Å². The van der Waals surface area contributed by atoms with Crippen LogP contribution in [0.5, 0.6) is 0 Å². The minimum absolute atomic E-state index is 0.251. The van der Waals surface area contributed by atoms with Crippen molar-refractivity contribution < 1.29 is 28.7 Å². The highest BCUT2D eigenvalue weighted by molar-refractivity contribution is 6.09. The van der Waals surface area contributed by atoms with Crippen molar-refractivity contribution in [2.45, 2.75) is 0 Å². The third-order valence-corrected chi connectivity index (χ3v) is 6.71. The first-order valence-electron chi connectivity index (χ1n) is 14.5. The predicted molar refractivity (Wildman–Crippen MR) is 185 cm³/mol. The van der Waals surface area contributed by atoms with Gasteiger partial charge in [-0.25, -0.2) is 9.59 Å². The van der Waals surface area contributed by atoms with Crippen LogP contribution in [0, 0.1) is 24.2 Å². The largest absolute Gasteiger partial charge is 0.465 e. The van der Waals surface area contributed by atoms with Crippen molar-refractivity contribution in [3.63, 3.8) is 0 Å². The number of nitrogens with one attached hydrogen (secondary N) is 2. The molecule has 0 spiro atoms. The van der Waals surface area contributed by atoms with Crippen LogP contribution in [0.25, 0.3) is 0 Å². The molecule has 0 aromatic heterocycles. The van der Waals surface area contributed by atoms with Gasteiger partial charge in [-0.3, -0.25) is 9.59 Å². The zero-order valence-electron chi connectivity index (χ0n) is 26.2. The van der Waals surface area contributed by atoms with Gasteiger partial charge in [-0.1, -0.05) is 72.4 Å². The first-order valence-corrected chi connectivity index (χ1v) is 14.5. The number of hydrogen-bond acceptors (Lipinski definition) is 6. The quantitative estimate of drug-likeness (QED) is 0.157. The zero-order valence-corrected chi connectivity index (χ0v) is 26.2. The van der Waals surface area contributed by atoms with Crippen LogP contribution in [0.3, 0.4) is 0 Å². The van der Waals surface area contributed by atoms with Gasteiger partial charge in [-0.05, 0) is 72.8 Å². The fourth-order valence-corrected chi connectivity index (χ4v) is 4.27. The van der Waals surface area contributed by atoms with Gasteiger partial charge in [0.15, 0.2) is 0 Å². The molecule has 0 fully saturated rings. The predicted octanol–water partition coefficient (Wildman–Crippen LogP) is 6.83. The van der Waals surface area contributed by atoms with E-state index in [0.717, 1.165) is 5.56 Å². The highest BCUT2D eigenvalue weighted by atomic mass is 16.5. The summed E-state index contributed by atoms with van der Waals surface area (Å²) in [7, 11) is 2.58. The van der Waals surface area contributed by atoms with Gasteiger partial charge in [0.05, 0.1) is 36.7 Å². The van der Waals surface area contributed by atoms with Crippen LogP contribution in [-0.2, 0) is 9.47 Å². The molecule has 0 heterocycles. The summed E-state index contributed by atoms with van der Waals surface area (Å²) in [6, 6.07) is 36.7. The second-order valence-corrected chi connectivity index (χ2v) is 9.90. The van der Waals surface area contributed by atoms with Gasteiger partial charge in [0.25, 0.3) is 11.8 Å². The van der Waals surface area contributed by atoms with Crippen molar-refractivity contribution in [2.24, 2.45) is 0 Å². The van der Waals surface area contributed by atoms with Crippen molar-refractivity contribution in [2.75, 3.05) is 24.9 Å². The van der Waals surface area contributed by atoms with E-state index in [2.05, 4.69) is 28.4 Å². The topological polar surface area (TPSA) is 111 Å². The molecule has 0 saturated heterocycles. The summed E-state index contributed by atoms with van der Waals surface area (Å²) in [5.74, 6) is 6.86. The molecule has 48 heavy (non-hydrogen) atoms. The molecule has 5 aromatic rings. The van der Waals surface area contributed by atoms with Crippen LogP contribution < -0.4 is 10.6 Å². The van der Waals surface area contributed by atoms with E-state index in [1.165, 1.54) is 20.3 Å². The second-order valence-electron chi connectivity index (χ2n) is 9.90. The maximum atomic E-state index is 12.5. The number of carbonyl (C=O) groups is 4. The molecule has 0 bridgehead atoms. The summed E-state index contributed by atoms with van der Waals surface area (Å²) in [5, 5.41) is 5.45. The SMILES string of the molecule is C#Cc1ccc(C(=O)OC)c(NC(=O)c2ccccc2)c1.COC(=O)c1ccc(C#Cc2ccccc2)cc1NC(=O)c1ccccc1. The molecule has 0 saturated carbocycles. The highest BCUT2D eigenvalue weighted by Crippen LogP contribution is 2.21. The lowest BCUT2D eigenvalue weighted by Gasteiger charge is -2.10. The van der Waals surface area contributed by atoms with E-state index < -0.39 is 11.9 Å². The number of rotatable bonds is 6. The van der Waals surface area contributed by atoms with Crippen molar-refractivity contribution in [1.82, 2.24) is 0 Å². The zero-order chi connectivity index (χ0) is 34.3. The third kappa shape index (κ3) is 9.31. The van der Waals surface area contributed by atoms with Gasteiger partial charge in [-0.2, -0.15) is 0 Å². The average molecular weight is 635 g/mol. The first kappa shape index (κ1) is 34.0. The number of terminal acetylenes is 1. The van der Waals surface area contributed by atoms with Crippen LogP contribution in [0.2, 0.25) is 0 Å². The minimum Gasteiger partial charge on any atom is -0.465 e. The van der Waals surface area contributed by atoms with E-state index in [1.807, 2.05) is 42.5 Å². The normalized spacial score (nSPS) is 9.60. The Hall–Kier alpha value is -6.90. The average Bonchev–Trinajstić information content (AvgIpc) is 3.14. The third-order valence-electron chi connectivity index (χ3n) is 6.71. The van der Waals surface area contributed by atoms with Gasteiger partial charge in [0.1, 0.15) is 0 Å². The van der Waals surface area contributed by atoms with Gasteiger partial charge < -0.3 is 20.1 Å². The van der Waals surface area contributed by atoms with Gasteiger partial charge in [0.2, 0.25) is 0 Å². The van der Waals surface area contributed by atoms with E-state index in [1.54, 1.807) is 78.9 Å². The summed E-state index contributed by atoms with van der Waals surface area (Å²) in [6.45, 7) is 0. The molecule has 2 amide bonds. The summed E-state index contributed by atoms with van der Waals surface area (Å²) < 4.78 is 9.50. The highest BCUT2D eigenvalue weighted by Gasteiger charge is 2.16. The molecular weight excluding hydrogens is 604 g/mol. The fraction of sp³-hybridized carbons (Fsp3) is 0.0500.